The first-order valence-electron chi connectivity index (χ1n) is 6.03. The van der Waals surface area contributed by atoms with E-state index in [9.17, 15) is 10.1 Å². The fourth-order valence-corrected chi connectivity index (χ4v) is 2.00. The van der Waals surface area contributed by atoms with Crippen LogP contribution in [0.2, 0.25) is 0 Å². The normalized spacial score (nSPS) is 15.7. The fourth-order valence-electron chi connectivity index (χ4n) is 2.00. The summed E-state index contributed by atoms with van der Waals surface area (Å²) in [5.41, 5.74) is 1.73. The zero-order chi connectivity index (χ0) is 13.7. The molecule has 1 aromatic carbocycles. The minimum Gasteiger partial charge on any atom is -0.496 e. The number of anilines is 1. The molecule has 0 spiro atoms. The second-order valence-corrected chi connectivity index (χ2v) is 4.13. The van der Waals surface area contributed by atoms with E-state index < -0.39 is 4.92 Å². The smallest absolute Gasteiger partial charge is 0.235 e. The lowest BCUT2D eigenvalue weighted by Gasteiger charge is -2.29. The Morgan fingerprint density at radius 1 is 1.42 bits per heavy atom. The van der Waals surface area contributed by atoms with Gasteiger partial charge in [0.25, 0.3) is 0 Å². The second kappa shape index (κ2) is 6.19. The summed E-state index contributed by atoms with van der Waals surface area (Å²) < 4.78 is 10.6. The molecule has 1 saturated heterocycles. The lowest BCUT2D eigenvalue weighted by molar-refractivity contribution is -0.400. The molecule has 0 unspecified atom stereocenters. The molecule has 1 aliphatic rings. The van der Waals surface area contributed by atoms with Crippen LogP contribution in [-0.2, 0) is 4.74 Å². The molecule has 19 heavy (non-hydrogen) atoms. The molecule has 0 saturated carbocycles. The van der Waals surface area contributed by atoms with Crippen molar-refractivity contribution >= 4 is 11.8 Å². The maximum Gasteiger partial charge on any atom is 0.235 e. The molecule has 0 aliphatic carbocycles. The molecular weight excluding hydrogens is 248 g/mol. The molecule has 1 aliphatic heterocycles. The highest BCUT2D eigenvalue weighted by molar-refractivity contribution is 5.63. The molecule has 102 valence electrons. The molecule has 0 amide bonds. The standard InChI is InChI=1S/C13H16N2O4/c1-18-13-10-12(14-6-8-19-9-7-14)3-2-11(13)4-5-15(16)17/h2-5,10H,6-9H2,1H3/b5-4-. The van der Waals surface area contributed by atoms with E-state index in [1.807, 2.05) is 18.2 Å². The molecule has 6 heteroatoms. The molecule has 1 aromatic rings. The number of morpholine rings is 1. The Balaban J connectivity index is 2.22. The first kappa shape index (κ1) is 13.4. The Kier molecular flexibility index (Phi) is 4.35. The van der Waals surface area contributed by atoms with Gasteiger partial charge in [-0.15, -0.1) is 0 Å². The average molecular weight is 264 g/mol. The molecule has 0 N–H and O–H groups in total. The van der Waals surface area contributed by atoms with Crippen molar-refractivity contribution in [3.8, 4) is 5.75 Å². The molecule has 1 heterocycles. The van der Waals surface area contributed by atoms with Crippen molar-refractivity contribution in [2.45, 2.75) is 0 Å². The van der Waals surface area contributed by atoms with Crippen LogP contribution in [0.25, 0.3) is 6.08 Å². The van der Waals surface area contributed by atoms with Crippen molar-refractivity contribution in [3.05, 3.63) is 40.1 Å². The molecule has 0 bridgehead atoms. The summed E-state index contributed by atoms with van der Waals surface area (Å²) in [6.07, 6.45) is 2.34. The third-order valence-electron chi connectivity index (χ3n) is 2.97. The summed E-state index contributed by atoms with van der Waals surface area (Å²) in [5.74, 6) is 0.627. The summed E-state index contributed by atoms with van der Waals surface area (Å²) in [7, 11) is 1.56. The predicted molar refractivity (Wildman–Crippen MR) is 72.1 cm³/mol. The topological polar surface area (TPSA) is 64.8 Å². The van der Waals surface area contributed by atoms with Gasteiger partial charge in [-0.2, -0.15) is 0 Å². The summed E-state index contributed by atoms with van der Waals surface area (Å²) in [6, 6.07) is 5.65. The third-order valence-corrected chi connectivity index (χ3v) is 2.97. The Bertz CT molecular complexity index is 482. The van der Waals surface area contributed by atoms with Gasteiger partial charge < -0.3 is 14.4 Å². The third kappa shape index (κ3) is 3.45. The van der Waals surface area contributed by atoms with E-state index >= 15 is 0 Å². The van der Waals surface area contributed by atoms with E-state index in [-0.39, 0.29) is 0 Å². The number of hydrogen-bond donors (Lipinski definition) is 0. The van der Waals surface area contributed by atoms with Crippen molar-refractivity contribution in [1.82, 2.24) is 0 Å². The Labute approximate surface area is 111 Å². The number of nitrogens with zero attached hydrogens (tertiary/aromatic N) is 2. The van der Waals surface area contributed by atoms with Gasteiger partial charge in [-0.3, -0.25) is 10.1 Å². The minimum atomic E-state index is -0.491. The largest absolute Gasteiger partial charge is 0.496 e. The lowest BCUT2D eigenvalue weighted by atomic mass is 10.1. The van der Waals surface area contributed by atoms with Crippen LogP contribution in [0.5, 0.6) is 5.75 Å². The van der Waals surface area contributed by atoms with Crippen LogP contribution in [0.4, 0.5) is 5.69 Å². The van der Waals surface area contributed by atoms with E-state index in [4.69, 9.17) is 9.47 Å². The van der Waals surface area contributed by atoms with Crippen molar-refractivity contribution in [3.63, 3.8) is 0 Å². The summed E-state index contributed by atoms with van der Waals surface area (Å²) in [4.78, 5) is 12.1. The van der Waals surface area contributed by atoms with Crippen LogP contribution >= 0.6 is 0 Å². The van der Waals surface area contributed by atoms with Crippen LogP contribution in [0, 0.1) is 10.1 Å². The molecule has 0 radical (unpaired) electrons. The monoisotopic (exact) mass is 264 g/mol. The van der Waals surface area contributed by atoms with Gasteiger partial charge in [-0.25, -0.2) is 0 Å². The zero-order valence-electron chi connectivity index (χ0n) is 10.7. The highest BCUT2D eigenvalue weighted by Gasteiger charge is 2.13. The van der Waals surface area contributed by atoms with Crippen LogP contribution in [0.15, 0.2) is 24.4 Å². The van der Waals surface area contributed by atoms with Crippen LogP contribution < -0.4 is 9.64 Å². The Morgan fingerprint density at radius 3 is 2.79 bits per heavy atom. The van der Waals surface area contributed by atoms with Crippen molar-refractivity contribution in [1.29, 1.82) is 0 Å². The maximum atomic E-state index is 10.3. The van der Waals surface area contributed by atoms with E-state index in [1.165, 1.54) is 6.08 Å². The average Bonchev–Trinajstić information content (AvgIpc) is 2.45. The molecule has 1 fully saturated rings. The fraction of sp³-hybridized carbons (Fsp3) is 0.385. The number of hydrogen-bond acceptors (Lipinski definition) is 5. The van der Waals surface area contributed by atoms with E-state index in [2.05, 4.69) is 4.90 Å². The Hall–Kier alpha value is -2.08. The zero-order valence-corrected chi connectivity index (χ0v) is 10.7. The van der Waals surface area contributed by atoms with Gasteiger partial charge in [-0.1, -0.05) is 0 Å². The SMILES string of the molecule is COc1cc(N2CCOCC2)ccc1/C=C\[N+](=O)[O-]. The first-order valence-corrected chi connectivity index (χ1v) is 6.03. The van der Waals surface area contributed by atoms with E-state index in [0.29, 0.717) is 24.5 Å². The van der Waals surface area contributed by atoms with Crippen LogP contribution in [0.1, 0.15) is 5.56 Å². The molecular formula is C13H16N2O4. The van der Waals surface area contributed by atoms with E-state index in [0.717, 1.165) is 25.0 Å². The number of nitro groups is 1. The predicted octanol–water partition coefficient (Wildman–Crippen LogP) is 1.78. The number of methoxy groups -OCH3 is 1. The lowest BCUT2D eigenvalue weighted by Crippen LogP contribution is -2.36. The molecule has 0 atom stereocenters. The first-order chi connectivity index (χ1) is 9.20. The van der Waals surface area contributed by atoms with Gasteiger partial charge in [0, 0.05) is 36.5 Å². The summed E-state index contributed by atoms with van der Waals surface area (Å²) in [5, 5.41) is 10.3. The van der Waals surface area contributed by atoms with Gasteiger partial charge in [0.05, 0.1) is 25.2 Å². The number of rotatable bonds is 4. The van der Waals surface area contributed by atoms with Gasteiger partial charge in [0.1, 0.15) is 5.75 Å². The van der Waals surface area contributed by atoms with Gasteiger partial charge in [0.15, 0.2) is 0 Å². The quantitative estimate of drug-likeness (QED) is 0.612. The van der Waals surface area contributed by atoms with Gasteiger partial charge in [0.2, 0.25) is 6.20 Å². The summed E-state index contributed by atoms with van der Waals surface area (Å²) in [6.45, 7) is 3.11. The highest BCUT2D eigenvalue weighted by Crippen LogP contribution is 2.27. The molecule has 6 nitrogen and oxygen atoms in total. The maximum absolute atomic E-state index is 10.3. The van der Waals surface area contributed by atoms with Crippen molar-refractivity contribution in [2.24, 2.45) is 0 Å². The Morgan fingerprint density at radius 2 is 2.16 bits per heavy atom. The molecule has 0 aromatic heterocycles. The highest BCUT2D eigenvalue weighted by atomic mass is 16.6. The minimum absolute atomic E-state index is 0.491. The second-order valence-electron chi connectivity index (χ2n) is 4.13. The van der Waals surface area contributed by atoms with Gasteiger partial charge in [-0.05, 0) is 12.1 Å². The van der Waals surface area contributed by atoms with Crippen LogP contribution in [-0.4, -0.2) is 38.3 Å². The number of benzene rings is 1. The van der Waals surface area contributed by atoms with Gasteiger partial charge >= 0.3 is 0 Å². The summed E-state index contributed by atoms with van der Waals surface area (Å²) >= 11 is 0. The number of ether oxygens (including phenoxy) is 2. The molecule has 2 rings (SSSR count). The van der Waals surface area contributed by atoms with Crippen molar-refractivity contribution < 1.29 is 14.4 Å². The van der Waals surface area contributed by atoms with Crippen molar-refractivity contribution in [2.75, 3.05) is 38.3 Å². The van der Waals surface area contributed by atoms with Crippen LogP contribution in [0.3, 0.4) is 0 Å². The van der Waals surface area contributed by atoms with E-state index in [1.54, 1.807) is 7.11 Å².